The topological polar surface area (TPSA) is 58.2 Å². The van der Waals surface area contributed by atoms with Gasteiger partial charge in [0.05, 0.1) is 10.6 Å². The van der Waals surface area contributed by atoms with Crippen molar-refractivity contribution in [3.05, 3.63) is 33.8 Å². The van der Waals surface area contributed by atoms with Crippen LogP contribution >= 0.6 is 23.2 Å². The van der Waals surface area contributed by atoms with E-state index < -0.39 is 5.41 Å². The predicted molar refractivity (Wildman–Crippen MR) is 81.3 cm³/mol. The van der Waals surface area contributed by atoms with Crippen LogP contribution in [0.1, 0.15) is 31.1 Å². The van der Waals surface area contributed by atoms with Crippen molar-refractivity contribution < 1.29 is 9.59 Å². The zero-order valence-corrected chi connectivity index (χ0v) is 13.2. The molecule has 0 atom stereocenters. The van der Waals surface area contributed by atoms with Gasteiger partial charge in [0.25, 0.3) is 5.91 Å². The quantitative estimate of drug-likeness (QED) is 0.839. The Morgan fingerprint density at radius 2 is 1.70 bits per heavy atom. The molecule has 2 N–H and O–H groups in total. The summed E-state index contributed by atoms with van der Waals surface area (Å²) in [5.41, 5.74) is -0.124. The molecular weight excluding hydrogens is 299 g/mol. The van der Waals surface area contributed by atoms with Gasteiger partial charge in [-0.3, -0.25) is 9.59 Å². The van der Waals surface area contributed by atoms with E-state index in [-0.39, 0.29) is 11.8 Å². The lowest BCUT2D eigenvalue weighted by atomic mass is 9.96. The first-order chi connectivity index (χ1) is 9.21. The maximum atomic E-state index is 11.9. The predicted octanol–water partition coefficient (Wildman–Crippen LogP) is 2.89. The Morgan fingerprint density at radius 1 is 1.10 bits per heavy atom. The number of halogens is 2. The van der Waals surface area contributed by atoms with E-state index >= 15 is 0 Å². The highest BCUT2D eigenvalue weighted by Crippen LogP contribution is 2.20. The summed E-state index contributed by atoms with van der Waals surface area (Å²) in [6, 6.07) is 4.69. The molecule has 0 spiro atoms. The van der Waals surface area contributed by atoms with Gasteiger partial charge in [0, 0.05) is 23.5 Å². The summed E-state index contributed by atoms with van der Waals surface area (Å²) in [5.74, 6) is -0.380. The molecule has 0 saturated carbocycles. The van der Waals surface area contributed by atoms with Gasteiger partial charge in [-0.2, -0.15) is 0 Å². The van der Waals surface area contributed by atoms with Gasteiger partial charge < -0.3 is 10.6 Å². The number of benzene rings is 1. The largest absolute Gasteiger partial charge is 0.354 e. The molecule has 0 heterocycles. The maximum absolute atomic E-state index is 11.9. The van der Waals surface area contributed by atoms with E-state index in [2.05, 4.69) is 10.6 Å². The average molecular weight is 317 g/mol. The normalized spacial score (nSPS) is 11.1. The second kappa shape index (κ2) is 6.95. The van der Waals surface area contributed by atoms with Gasteiger partial charge >= 0.3 is 0 Å². The highest BCUT2D eigenvalue weighted by molar-refractivity contribution is 6.35. The van der Waals surface area contributed by atoms with Gasteiger partial charge in [0.2, 0.25) is 5.91 Å². The number of amides is 2. The molecule has 0 aliphatic heterocycles. The van der Waals surface area contributed by atoms with Crippen LogP contribution in [-0.4, -0.2) is 24.9 Å². The lowest BCUT2D eigenvalue weighted by Crippen LogP contribution is -2.39. The van der Waals surface area contributed by atoms with Crippen LogP contribution in [0.25, 0.3) is 0 Å². The summed E-state index contributed by atoms with van der Waals surface area (Å²) in [6.45, 7) is 6.16. The van der Waals surface area contributed by atoms with Gasteiger partial charge in [-0.25, -0.2) is 0 Å². The van der Waals surface area contributed by atoms with Crippen molar-refractivity contribution in [2.24, 2.45) is 5.41 Å². The smallest absolute Gasteiger partial charge is 0.252 e. The second-order valence-corrected chi connectivity index (χ2v) is 6.23. The molecule has 0 fully saturated rings. The minimum Gasteiger partial charge on any atom is -0.354 e. The molecule has 2 amide bonds. The summed E-state index contributed by atoms with van der Waals surface area (Å²) in [4.78, 5) is 23.5. The molecule has 0 aliphatic carbocycles. The third-order valence-electron chi connectivity index (χ3n) is 2.55. The van der Waals surface area contributed by atoms with E-state index in [1.807, 2.05) is 20.8 Å². The lowest BCUT2D eigenvalue weighted by Gasteiger charge is -2.17. The van der Waals surface area contributed by atoms with E-state index in [4.69, 9.17) is 23.2 Å². The van der Waals surface area contributed by atoms with Crippen LogP contribution < -0.4 is 10.6 Å². The van der Waals surface area contributed by atoms with Crippen molar-refractivity contribution in [3.63, 3.8) is 0 Å². The molecule has 0 unspecified atom stereocenters. The highest BCUT2D eigenvalue weighted by Gasteiger charge is 2.20. The fourth-order valence-electron chi connectivity index (χ4n) is 1.38. The Kier molecular flexibility index (Phi) is 5.84. The van der Waals surface area contributed by atoms with Gasteiger partial charge in [-0.15, -0.1) is 0 Å². The zero-order valence-electron chi connectivity index (χ0n) is 11.7. The van der Waals surface area contributed by atoms with E-state index in [0.29, 0.717) is 28.7 Å². The molecule has 0 radical (unpaired) electrons. The van der Waals surface area contributed by atoms with Crippen LogP contribution in [0, 0.1) is 5.41 Å². The van der Waals surface area contributed by atoms with E-state index in [1.54, 1.807) is 12.1 Å². The minimum atomic E-state index is -0.444. The van der Waals surface area contributed by atoms with Gasteiger partial charge in [-0.05, 0) is 18.2 Å². The number of hydrogen-bond donors (Lipinski definition) is 2. The number of hydrogen-bond acceptors (Lipinski definition) is 2. The molecule has 1 rings (SSSR count). The molecule has 1 aromatic carbocycles. The summed E-state index contributed by atoms with van der Waals surface area (Å²) in [7, 11) is 0. The van der Waals surface area contributed by atoms with E-state index in [1.165, 1.54) is 6.07 Å². The average Bonchev–Trinajstić information content (AvgIpc) is 2.35. The Labute approximate surface area is 128 Å². The van der Waals surface area contributed by atoms with E-state index in [9.17, 15) is 9.59 Å². The molecule has 0 aromatic heterocycles. The van der Waals surface area contributed by atoms with Crippen molar-refractivity contribution in [1.29, 1.82) is 0 Å². The summed E-state index contributed by atoms with van der Waals surface area (Å²) >= 11 is 11.7. The third kappa shape index (κ3) is 5.02. The fourth-order valence-corrected chi connectivity index (χ4v) is 1.76. The van der Waals surface area contributed by atoms with Gasteiger partial charge in [0.15, 0.2) is 0 Å². The Bertz CT molecular complexity index is 510. The van der Waals surface area contributed by atoms with Crippen LogP contribution in [0.5, 0.6) is 0 Å². The minimum absolute atomic E-state index is 0.0625. The molecule has 6 heteroatoms. The van der Waals surface area contributed by atoms with Crippen molar-refractivity contribution in [3.8, 4) is 0 Å². The molecule has 1 aromatic rings. The number of carbonyl (C=O) groups is 2. The summed E-state index contributed by atoms with van der Waals surface area (Å²) < 4.78 is 0. The van der Waals surface area contributed by atoms with Crippen LogP contribution in [0.3, 0.4) is 0 Å². The van der Waals surface area contributed by atoms with Gasteiger partial charge in [0.1, 0.15) is 0 Å². The standard InChI is InChI=1S/C14H18Cl2N2O2/c1-14(2,3)13(20)18-7-6-17-12(19)10-8-9(15)4-5-11(10)16/h4-5,8H,6-7H2,1-3H3,(H,17,19)(H,18,20). The molecule has 4 nitrogen and oxygen atoms in total. The first-order valence-electron chi connectivity index (χ1n) is 6.23. The van der Waals surface area contributed by atoms with Gasteiger partial charge in [-0.1, -0.05) is 44.0 Å². The Morgan fingerprint density at radius 3 is 2.30 bits per heavy atom. The van der Waals surface area contributed by atoms with Crippen LogP contribution in [0.4, 0.5) is 0 Å². The third-order valence-corrected chi connectivity index (χ3v) is 3.12. The molecule has 0 saturated heterocycles. The second-order valence-electron chi connectivity index (χ2n) is 5.39. The summed E-state index contributed by atoms with van der Waals surface area (Å²) in [5, 5.41) is 6.20. The highest BCUT2D eigenvalue weighted by atomic mass is 35.5. The zero-order chi connectivity index (χ0) is 15.3. The SMILES string of the molecule is CC(C)(C)C(=O)NCCNC(=O)c1cc(Cl)ccc1Cl. The van der Waals surface area contributed by atoms with Crippen LogP contribution in [-0.2, 0) is 4.79 Å². The Hall–Kier alpha value is -1.26. The first-order valence-corrected chi connectivity index (χ1v) is 6.99. The molecule has 110 valence electrons. The number of carbonyl (C=O) groups excluding carboxylic acids is 2. The lowest BCUT2D eigenvalue weighted by molar-refractivity contribution is -0.128. The summed E-state index contributed by atoms with van der Waals surface area (Å²) in [6.07, 6.45) is 0. The van der Waals surface area contributed by atoms with Crippen molar-refractivity contribution in [2.75, 3.05) is 13.1 Å². The Balaban J connectivity index is 2.45. The van der Waals surface area contributed by atoms with Crippen molar-refractivity contribution in [2.45, 2.75) is 20.8 Å². The maximum Gasteiger partial charge on any atom is 0.252 e. The monoisotopic (exact) mass is 316 g/mol. The molecule has 0 aliphatic rings. The van der Waals surface area contributed by atoms with E-state index in [0.717, 1.165) is 0 Å². The van der Waals surface area contributed by atoms with Crippen molar-refractivity contribution >= 4 is 35.0 Å². The number of rotatable bonds is 4. The first kappa shape index (κ1) is 16.8. The molecular formula is C14H18Cl2N2O2. The van der Waals surface area contributed by atoms with Crippen LogP contribution in [0.15, 0.2) is 18.2 Å². The number of nitrogens with one attached hydrogen (secondary N) is 2. The molecule has 20 heavy (non-hydrogen) atoms. The molecule has 0 bridgehead atoms. The van der Waals surface area contributed by atoms with Crippen LogP contribution in [0.2, 0.25) is 10.0 Å². The van der Waals surface area contributed by atoms with Crippen molar-refractivity contribution in [1.82, 2.24) is 10.6 Å². The fraction of sp³-hybridized carbons (Fsp3) is 0.429.